The predicted molar refractivity (Wildman–Crippen MR) is 146 cm³/mol. The molecule has 1 fully saturated rings. The van der Waals surface area contributed by atoms with Crippen LogP contribution in [0.1, 0.15) is 56.7 Å². The van der Waals surface area contributed by atoms with E-state index in [4.69, 9.17) is 14.7 Å². The molecule has 1 aliphatic carbocycles. The highest BCUT2D eigenvalue weighted by atomic mass is 16.6. The maximum Gasteiger partial charge on any atom is 0.410 e. The van der Waals surface area contributed by atoms with Crippen LogP contribution in [0, 0.1) is 0 Å². The highest BCUT2D eigenvalue weighted by molar-refractivity contribution is 5.81. The molecule has 5 rings (SSSR count). The Morgan fingerprint density at radius 2 is 1.79 bits per heavy atom. The molecule has 1 aliphatic heterocycles. The topological polar surface area (TPSA) is 83.8 Å². The first kappa shape index (κ1) is 26.2. The first-order valence-corrected chi connectivity index (χ1v) is 13.5. The molecule has 1 unspecified atom stereocenters. The number of imidazole rings is 1. The van der Waals surface area contributed by atoms with E-state index in [0.717, 1.165) is 41.8 Å². The largest absolute Gasteiger partial charge is 0.444 e. The third-order valence-electron chi connectivity index (χ3n) is 7.40. The summed E-state index contributed by atoms with van der Waals surface area (Å²) in [6, 6.07) is 12.4. The van der Waals surface area contributed by atoms with Crippen molar-refractivity contribution < 1.29 is 14.3 Å². The minimum Gasteiger partial charge on any atom is -0.444 e. The lowest BCUT2D eigenvalue weighted by Crippen LogP contribution is -2.52. The number of aryl methyl sites for hydroxylation is 1. The summed E-state index contributed by atoms with van der Waals surface area (Å²) in [6.45, 7) is 8.33. The number of fused-ring (bicyclic) bond motifs is 2. The zero-order valence-electron chi connectivity index (χ0n) is 22.9. The summed E-state index contributed by atoms with van der Waals surface area (Å²) < 4.78 is 7.55. The van der Waals surface area contributed by atoms with Crippen molar-refractivity contribution in [1.29, 1.82) is 0 Å². The van der Waals surface area contributed by atoms with Crippen LogP contribution in [0.15, 0.2) is 42.6 Å². The molecule has 2 aliphatic rings. The van der Waals surface area contributed by atoms with E-state index in [9.17, 15) is 9.59 Å². The molecule has 38 heavy (non-hydrogen) atoms. The fourth-order valence-corrected chi connectivity index (χ4v) is 5.47. The fourth-order valence-electron chi connectivity index (χ4n) is 5.47. The van der Waals surface area contributed by atoms with Gasteiger partial charge in [0.05, 0.1) is 29.3 Å². The monoisotopic (exact) mass is 518 g/mol. The van der Waals surface area contributed by atoms with Gasteiger partial charge in [0.2, 0.25) is 5.91 Å². The van der Waals surface area contributed by atoms with E-state index >= 15 is 0 Å². The second-order valence-corrected chi connectivity index (χ2v) is 11.3. The summed E-state index contributed by atoms with van der Waals surface area (Å²) in [5.41, 5.74) is 3.79. The summed E-state index contributed by atoms with van der Waals surface area (Å²) in [6.07, 6.45) is 4.82. The number of hydrogen-bond donors (Lipinski definition) is 0. The van der Waals surface area contributed by atoms with Crippen molar-refractivity contribution in [1.82, 2.24) is 29.2 Å². The van der Waals surface area contributed by atoms with Gasteiger partial charge in [-0.15, -0.1) is 0 Å². The maximum atomic E-state index is 13.4. The van der Waals surface area contributed by atoms with Crippen molar-refractivity contribution in [3.8, 4) is 0 Å². The third-order valence-corrected chi connectivity index (χ3v) is 7.40. The van der Waals surface area contributed by atoms with Crippen molar-refractivity contribution in [2.24, 2.45) is 0 Å². The lowest BCUT2D eigenvalue weighted by molar-refractivity contribution is -0.133. The van der Waals surface area contributed by atoms with E-state index in [1.165, 1.54) is 5.56 Å². The van der Waals surface area contributed by atoms with Gasteiger partial charge in [-0.25, -0.2) is 9.78 Å². The Hall–Kier alpha value is -3.46. The van der Waals surface area contributed by atoms with E-state index < -0.39 is 5.60 Å². The van der Waals surface area contributed by atoms with Crippen LogP contribution >= 0.6 is 0 Å². The van der Waals surface area contributed by atoms with Crippen LogP contribution in [0.5, 0.6) is 0 Å². The van der Waals surface area contributed by atoms with Crippen molar-refractivity contribution >= 4 is 23.0 Å². The van der Waals surface area contributed by atoms with Crippen molar-refractivity contribution in [2.75, 3.05) is 33.2 Å². The first-order chi connectivity index (χ1) is 18.2. The molecule has 9 nitrogen and oxygen atoms in total. The second-order valence-electron chi connectivity index (χ2n) is 11.3. The highest BCUT2D eigenvalue weighted by Gasteiger charge is 2.29. The van der Waals surface area contributed by atoms with Gasteiger partial charge in [-0.2, -0.15) is 0 Å². The number of nitrogens with zero attached hydrogens (tertiary/aromatic N) is 6. The second kappa shape index (κ2) is 10.7. The summed E-state index contributed by atoms with van der Waals surface area (Å²) in [7, 11) is 2.12. The van der Waals surface area contributed by atoms with Crippen LogP contribution in [-0.2, 0) is 29.0 Å². The van der Waals surface area contributed by atoms with E-state index in [-0.39, 0.29) is 24.6 Å². The van der Waals surface area contributed by atoms with E-state index in [1.807, 2.05) is 62.2 Å². The number of para-hydroxylation sites is 2. The quantitative estimate of drug-likeness (QED) is 0.507. The van der Waals surface area contributed by atoms with Crippen LogP contribution < -0.4 is 0 Å². The molecule has 1 aromatic carbocycles. The number of carbonyl (C=O) groups excluding carboxylic acids is 2. The Labute approximate surface area is 224 Å². The summed E-state index contributed by atoms with van der Waals surface area (Å²) in [5, 5.41) is 0. The summed E-state index contributed by atoms with van der Waals surface area (Å²) in [4.78, 5) is 41.3. The molecule has 0 N–H and O–H groups in total. The molecule has 2 aromatic heterocycles. The molecule has 2 amide bonds. The van der Waals surface area contributed by atoms with E-state index in [0.29, 0.717) is 32.7 Å². The Bertz CT molecular complexity index is 1310. The zero-order chi connectivity index (χ0) is 26.9. The smallest absolute Gasteiger partial charge is 0.410 e. The van der Waals surface area contributed by atoms with Crippen LogP contribution in [0.25, 0.3) is 11.0 Å². The van der Waals surface area contributed by atoms with Crippen molar-refractivity contribution in [3.05, 3.63) is 59.7 Å². The molecule has 3 aromatic rings. The zero-order valence-corrected chi connectivity index (χ0v) is 22.9. The molecule has 0 bridgehead atoms. The van der Waals surface area contributed by atoms with Gasteiger partial charge in [0.15, 0.2) is 0 Å². The van der Waals surface area contributed by atoms with Gasteiger partial charge >= 0.3 is 6.09 Å². The van der Waals surface area contributed by atoms with Gasteiger partial charge in [0.1, 0.15) is 18.0 Å². The van der Waals surface area contributed by atoms with Gasteiger partial charge in [-0.3, -0.25) is 14.7 Å². The lowest BCUT2D eigenvalue weighted by Gasteiger charge is -2.36. The van der Waals surface area contributed by atoms with E-state index in [2.05, 4.69) is 22.6 Å². The number of pyridine rings is 1. The standard InChI is InChI=1S/C29H38N6O3/c1-29(2,3)38-28(37)34-17-15-33(16-18-34)26(36)20-35-23-12-6-5-11-22(23)31-25(35)19-32(4)24-13-7-9-21-10-8-14-30-27(21)24/h5-6,8,10-12,14,24H,7,9,13,15-20H2,1-4H3. The van der Waals surface area contributed by atoms with Gasteiger partial charge in [0, 0.05) is 32.4 Å². The number of ether oxygens (including phenoxy) is 1. The molecular weight excluding hydrogens is 480 g/mol. The summed E-state index contributed by atoms with van der Waals surface area (Å²) >= 11 is 0. The van der Waals surface area contributed by atoms with Gasteiger partial charge < -0.3 is 19.1 Å². The van der Waals surface area contributed by atoms with Gasteiger partial charge in [-0.1, -0.05) is 18.2 Å². The normalized spacial score (nSPS) is 18.1. The molecule has 1 atom stereocenters. The SMILES string of the molecule is CN(Cc1nc2ccccc2n1CC(=O)N1CCN(C(=O)OC(C)(C)C)CC1)C1CCCc2cccnc21. The fraction of sp³-hybridized carbons (Fsp3) is 0.517. The highest BCUT2D eigenvalue weighted by Crippen LogP contribution is 2.33. The Balaban J connectivity index is 1.30. The molecule has 202 valence electrons. The van der Waals surface area contributed by atoms with Crippen molar-refractivity contribution in [3.63, 3.8) is 0 Å². The number of aromatic nitrogens is 3. The molecule has 0 radical (unpaired) electrons. The summed E-state index contributed by atoms with van der Waals surface area (Å²) in [5.74, 6) is 0.906. The molecular formula is C29H38N6O3. The van der Waals surface area contributed by atoms with Gasteiger partial charge in [0.25, 0.3) is 0 Å². The molecule has 0 spiro atoms. The number of amides is 2. The molecule has 0 saturated carbocycles. The molecule has 3 heterocycles. The van der Waals surface area contributed by atoms with Crippen molar-refractivity contribution in [2.45, 2.75) is 64.8 Å². The van der Waals surface area contributed by atoms with Crippen LogP contribution in [0.3, 0.4) is 0 Å². The maximum absolute atomic E-state index is 13.4. The Morgan fingerprint density at radius 1 is 1.05 bits per heavy atom. The average Bonchev–Trinajstić information content (AvgIpc) is 3.24. The minimum atomic E-state index is -0.536. The third kappa shape index (κ3) is 5.67. The number of rotatable bonds is 5. The lowest BCUT2D eigenvalue weighted by atomic mass is 9.91. The molecule has 9 heteroatoms. The van der Waals surface area contributed by atoms with Crippen LogP contribution in [0.4, 0.5) is 4.79 Å². The number of benzene rings is 1. The predicted octanol–water partition coefficient (Wildman–Crippen LogP) is 4.02. The van der Waals surface area contributed by atoms with E-state index in [1.54, 1.807) is 4.90 Å². The van der Waals surface area contributed by atoms with Crippen LogP contribution in [0.2, 0.25) is 0 Å². The van der Waals surface area contributed by atoms with Gasteiger partial charge in [-0.05, 0) is 70.8 Å². The number of carbonyl (C=O) groups is 2. The Kier molecular flexibility index (Phi) is 7.38. The number of piperazine rings is 1. The number of hydrogen-bond acceptors (Lipinski definition) is 6. The molecule has 1 saturated heterocycles. The van der Waals surface area contributed by atoms with Crippen LogP contribution in [-0.4, -0.2) is 80.1 Å². The minimum absolute atomic E-state index is 0.0329. The Morgan fingerprint density at radius 3 is 2.55 bits per heavy atom. The first-order valence-electron chi connectivity index (χ1n) is 13.5. The average molecular weight is 519 g/mol.